The van der Waals surface area contributed by atoms with E-state index >= 15 is 0 Å². The van der Waals surface area contributed by atoms with E-state index in [-0.39, 0.29) is 6.61 Å². The molecule has 0 heterocycles. The molecule has 102 valence electrons. The third-order valence-electron chi connectivity index (χ3n) is 3.05. The van der Waals surface area contributed by atoms with Gasteiger partial charge in [-0.3, -0.25) is 0 Å². The van der Waals surface area contributed by atoms with Crippen LogP contribution in [-0.4, -0.2) is 23.9 Å². The summed E-state index contributed by atoms with van der Waals surface area (Å²) in [5.74, 6) is 0.865. The molecule has 0 radical (unpaired) electrons. The Balaban J connectivity index is 2.35. The minimum Gasteiger partial charge on any atom is -0.494 e. The lowest BCUT2D eigenvalue weighted by molar-refractivity contribution is 0.175. The summed E-state index contributed by atoms with van der Waals surface area (Å²) in [5.41, 5.74) is 6.62. The number of unbranched alkanes of at least 4 members (excludes halogenated alkanes) is 1. The Morgan fingerprint density at radius 2 is 1.94 bits per heavy atom. The fourth-order valence-corrected chi connectivity index (χ4v) is 1.61. The Morgan fingerprint density at radius 1 is 1.28 bits per heavy atom. The topological polar surface area (TPSA) is 55.5 Å². The van der Waals surface area contributed by atoms with Crippen LogP contribution < -0.4 is 10.5 Å². The van der Waals surface area contributed by atoms with Gasteiger partial charge in [0.15, 0.2) is 0 Å². The third-order valence-corrected chi connectivity index (χ3v) is 3.05. The first-order valence-electron chi connectivity index (χ1n) is 6.69. The standard InChI is InChI=1S/C15H25NO2/c1-3-4-5-13-6-8-14(9-7-13)18-11-10-15(2,16)12-17/h6-9,17H,3-5,10-12,16H2,1-2H3. The summed E-state index contributed by atoms with van der Waals surface area (Å²) in [6.07, 6.45) is 4.21. The van der Waals surface area contributed by atoms with Gasteiger partial charge in [0, 0.05) is 12.0 Å². The molecule has 0 aliphatic rings. The van der Waals surface area contributed by atoms with Gasteiger partial charge in [0.05, 0.1) is 13.2 Å². The van der Waals surface area contributed by atoms with Crippen molar-refractivity contribution in [3.8, 4) is 5.75 Å². The van der Waals surface area contributed by atoms with Crippen molar-refractivity contribution >= 4 is 0 Å². The molecule has 1 unspecified atom stereocenters. The normalized spacial score (nSPS) is 14.2. The molecule has 1 rings (SSSR count). The molecule has 0 aliphatic heterocycles. The molecular weight excluding hydrogens is 226 g/mol. The third kappa shape index (κ3) is 5.52. The van der Waals surface area contributed by atoms with Crippen LogP contribution in [-0.2, 0) is 6.42 Å². The number of rotatable bonds is 8. The van der Waals surface area contributed by atoms with Crippen LogP contribution in [0.4, 0.5) is 0 Å². The summed E-state index contributed by atoms with van der Waals surface area (Å²) in [7, 11) is 0. The number of nitrogens with two attached hydrogens (primary N) is 1. The Kier molecular flexibility index (Phi) is 6.16. The van der Waals surface area contributed by atoms with Gasteiger partial charge in [-0.25, -0.2) is 0 Å². The predicted molar refractivity (Wildman–Crippen MR) is 74.8 cm³/mol. The maximum Gasteiger partial charge on any atom is 0.119 e. The minimum atomic E-state index is -0.554. The number of aliphatic hydroxyl groups excluding tert-OH is 1. The second kappa shape index (κ2) is 7.39. The van der Waals surface area contributed by atoms with Gasteiger partial charge in [0.2, 0.25) is 0 Å². The number of hydrogen-bond donors (Lipinski definition) is 2. The van der Waals surface area contributed by atoms with Crippen LogP contribution in [0.5, 0.6) is 5.75 Å². The summed E-state index contributed by atoms with van der Waals surface area (Å²) >= 11 is 0. The second-order valence-corrected chi connectivity index (χ2v) is 5.16. The molecule has 18 heavy (non-hydrogen) atoms. The van der Waals surface area contributed by atoms with Crippen LogP contribution in [0, 0.1) is 0 Å². The van der Waals surface area contributed by atoms with Crippen molar-refractivity contribution in [2.24, 2.45) is 5.73 Å². The zero-order valence-electron chi connectivity index (χ0n) is 11.5. The van der Waals surface area contributed by atoms with Gasteiger partial charge in [-0.1, -0.05) is 25.5 Å². The number of ether oxygens (including phenoxy) is 1. The molecule has 1 atom stereocenters. The Labute approximate surface area is 110 Å². The average Bonchev–Trinajstić information content (AvgIpc) is 2.38. The van der Waals surface area contributed by atoms with E-state index in [0.717, 1.165) is 12.2 Å². The molecule has 1 aromatic rings. The van der Waals surface area contributed by atoms with Crippen molar-refractivity contribution in [2.45, 2.75) is 45.1 Å². The number of aliphatic hydroxyl groups is 1. The molecule has 0 saturated carbocycles. The Bertz CT molecular complexity index is 333. The van der Waals surface area contributed by atoms with Crippen molar-refractivity contribution in [3.63, 3.8) is 0 Å². The summed E-state index contributed by atoms with van der Waals surface area (Å²) in [6.45, 7) is 4.53. The minimum absolute atomic E-state index is 0.0215. The van der Waals surface area contributed by atoms with Crippen LogP contribution in [0.15, 0.2) is 24.3 Å². The highest BCUT2D eigenvalue weighted by Gasteiger charge is 2.16. The molecule has 0 spiro atoms. The van der Waals surface area contributed by atoms with Crippen LogP contribution in [0.3, 0.4) is 0 Å². The van der Waals surface area contributed by atoms with Crippen molar-refractivity contribution in [2.75, 3.05) is 13.2 Å². The fraction of sp³-hybridized carbons (Fsp3) is 0.600. The first-order valence-corrected chi connectivity index (χ1v) is 6.69. The van der Waals surface area contributed by atoms with Gasteiger partial charge in [0.25, 0.3) is 0 Å². The number of hydrogen-bond acceptors (Lipinski definition) is 3. The molecule has 1 aromatic carbocycles. The van der Waals surface area contributed by atoms with Gasteiger partial charge >= 0.3 is 0 Å². The molecule has 3 heteroatoms. The molecule has 0 saturated heterocycles. The maximum absolute atomic E-state index is 9.03. The number of aryl methyl sites for hydroxylation is 1. The van der Waals surface area contributed by atoms with E-state index in [1.165, 1.54) is 18.4 Å². The highest BCUT2D eigenvalue weighted by Crippen LogP contribution is 2.15. The monoisotopic (exact) mass is 251 g/mol. The Hall–Kier alpha value is -1.06. The second-order valence-electron chi connectivity index (χ2n) is 5.16. The molecule has 3 nitrogen and oxygen atoms in total. The van der Waals surface area contributed by atoms with Crippen molar-refractivity contribution in [3.05, 3.63) is 29.8 Å². The van der Waals surface area contributed by atoms with Crippen LogP contribution in [0.2, 0.25) is 0 Å². The highest BCUT2D eigenvalue weighted by molar-refractivity contribution is 5.27. The van der Waals surface area contributed by atoms with Crippen molar-refractivity contribution in [1.82, 2.24) is 0 Å². The average molecular weight is 251 g/mol. The lowest BCUT2D eigenvalue weighted by Crippen LogP contribution is -2.41. The van der Waals surface area contributed by atoms with E-state index in [0.29, 0.717) is 13.0 Å². The van der Waals surface area contributed by atoms with Crippen LogP contribution >= 0.6 is 0 Å². The van der Waals surface area contributed by atoms with E-state index < -0.39 is 5.54 Å². The van der Waals surface area contributed by atoms with E-state index in [4.69, 9.17) is 15.6 Å². The lowest BCUT2D eigenvalue weighted by atomic mass is 10.0. The Morgan fingerprint density at radius 3 is 2.50 bits per heavy atom. The van der Waals surface area contributed by atoms with E-state index in [2.05, 4.69) is 19.1 Å². The molecule has 3 N–H and O–H groups in total. The zero-order valence-corrected chi connectivity index (χ0v) is 11.5. The molecule has 0 bridgehead atoms. The van der Waals surface area contributed by atoms with Crippen LogP contribution in [0.25, 0.3) is 0 Å². The first-order chi connectivity index (χ1) is 8.57. The molecule has 0 fully saturated rings. The predicted octanol–water partition coefficient (Wildman–Crippen LogP) is 2.51. The van der Waals surface area contributed by atoms with Crippen molar-refractivity contribution in [1.29, 1.82) is 0 Å². The zero-order chi connectivity index (χ0) is 13.4. The molecule has 0 amide bonds. The summed E-state index contributed by atoms with van der Waals surface area (Å²) in [4.78, 5) is 0. The maximum atomic E-state index is 9.03. The van der Waals surface area contributed by atoms with Gasteiger partial charge in [0.1, 0.15) is 5.75 Å². The SMILES string of the molecule is CCCCc1ccc(OCCC(C)(N)CO)cc1. The number of benzene rings is 1. The summed E-state index contributed by atoms with van der Waals surface area (Å²) < 4.78 is 5.61. The summed E-state index contributed by atoms with van der Waals surface area (Å²) in [6, 6.07) is 8.22. The van der Waals surface area contributed by atoms with Gasteiger partial charge in [-0.15, -0.1) is 0 Å². The molecule has 0 aliphatic carbocycles. The quantitative estimate of drug-likeness (QED) is 0.746. The molecule has 0 aromatic heterocycles. The van der Waals surface area contributed by atoms with Gasteiger partial charge < -0.3 is 15.6 Å². The lowest BCUT2D eigenvalue weighted by Gasteiger charge is -2.21. The highest BCUT2D eigenvalue weighted by atomic mass is 16.5. The fourth-order valence-electron chi connectivity index (χ4n) is 1.61. The van der Waals surface area contributed by atoms with E-state index in [1.54, 1.807) is 0 Å². The van der Waals surface area contributed by atoms with E-state index in [9.17, 15) is 0 Å². The van der Waals surface area contributed by atoms with Crippen molar-refractivity contribution < 1.29 is 9.84 Å². The molecular formula is C15H25NO2. The van der Waals surface area contributed by atoms with Gasteiger partial charge in [-0.2, -0.15) is 0 Å². The largest absolute Gasteiger partial charge is 0.494 e. The smallest absolute Gasteiger partial charge is 0.119 e. The first kappa shape index (κ1) is 15.0. The van der Waals surface area contributed by atoms with Crippen LogP contribution in [0.1, 0.15) is 38.7 Å². The van der Waals surface area contributed by atoms with E-state index in [1.807, 2.05) is 19.1 Å². The van der Waals surface area contributed by atoms with Gasteiger partial charge in [-0.05, 0) is 37.5 Å². The summed E-state index contributed by atoms with van der Waals surface area (Å²) in [5, 5.41) is 9.03.